The standard InChI is InChI=1S/C13H12N2S/c16-10-14-8-11-6-7-13(15-9-11)12-4-2-1-3-5-12/h1-7,9-10H,8H2,(H,14,16). The summed E-state index contributed by atoms with van der Waals surface area (Å²) in [6, 6.07) is 14.2. The lowest BCUT2D eigenvalue weighted by molar-refractivity contribution is 0.934. The number of pyridine rings is 1. The van der Waals surface area contributed by atoms with Crippen LogP contribution < -0.4 is 5.32 Å². The first kappa shape index (κ1) is 10.8. The maximum absolute atomic E-state index is 4.70. The normalized spacial score (nSPS) is 9.75. The number of nitrogens with one attached hydrogen (secondary N) is 1. The minimum Gasteiger partial charge on any atom is -0.378 e. The Labute approximate surface area is 100 Å². The minimum atomic E-state index is 0.728. The van der Waals surface area contributed by atoms with Gasteiger partial charge in [-0.3, -0.25) is 4.98 Å². The van der Waals surface area contributed by atoms with E-state index < -0.39 is 0 Å². The smallest absolute Gasteiger partial charge is 0.0702 e. The van der Waals surface area contributed by atoms with Crippen molar-refractivity contribution in [1.82, 2.24) is 10.3 Å². The molecule has 0 spiro atoms. The number of hydrogen-bond acceptors (Lipinski definition) is 2. The predicted molar refractivity (Wildman–Crippen MR) is 70.2 cm³/mol. The summed E-state index contributed by atoms with van der Waals surface area (Å²) < 4.78 is 0. The molecule has 0 aliphatic rings. The van der Waals surface area contributed by atoms with E-state index in [2.05, 4.69) is 28.5 Å². The van der Waals surface area contributed by atoms with E-state index in [0.717, 1.165) is 23.4 Å². The Balaban J connectivity index is 2.16. The maximum Gasteiger partial charge on any atom is 0.0702 e. The first-order chi connectivity index (χ1) is 7.90. The fourth-order valence-corrected chi connectivity index (χ4v) is 1.55. The van der Waals surface area contributed by atoms with Gasteiger partial charge in [0.25, 0.3) is 0 Å². The van der Waals surface area contributed by atoms with Gasteiger partial charge in [-0.05, 0) is 11.6 Å². The van der Waals surface area contributed by atoms with Crippen LogP contribution in [0.25, 0.3) is 11.3 Å². The van der Waals surface area contributed by atoms with Crippen molar-refractivity contribution in [3.8, 4) is 11.3 Å². The number of rotatable bonds is 4. The minimum absolute atomic E-state index is 0.728. The van der Waals surface area contributed by atoms with Crippen LogP contribution in [0.1, 0.15) is 5.56 Å². The van der Waals surface area contributed by atoms with Crippen molar-refractivity contribution < 1.29 is 0 Å². The molecule has 2 nitrogen and oxygen atoms in total. The van der Waals surface area contributed by atoms with E-state index in [1.54, 1.807) is 0 Å². The van der Waals surface area contributed by atoms with E-state index >= 15 is 0 Å². The number of hydrogen-bond donors (Lipinski definition) is 1. The third-order valence-electron chi connectivity index (χ3n) is 2.28. The Bertz CT molecular complexity index is 451. The lowest BCUT2D eigenvalue weighted by Crippen LogP contribution is -2.08. The average Bonchev–Trinajstić information content (AvgIpc) is 2.38. The second kappa shape index (κ2) is 5.37. The Morgan fingerprint density at radius 2 is 1.94 bits per heavy atom. The second-order valence-corrected chi connectivity index (χ2v) is 3.65. The topological polar surface area (TPSA) is 24.9 Å². The molecule has 0 fully saturated rings. The Morgan fingerprint density at radius 3 is 2.56 bits per heavy atom. The van der Waals surface area contributed by atoms with Gasteiger partial charge in [0.15, 0.2) is 0 Å². The van der Waals surface area contributed by atoms with Crippen LogP contribution in [0.3, 0.4) is 0 Å². The third kappa shape index (κ3) is 2.64. The van der Waals surface area contributed by atoms with Crippen LogP contribution in [0.5, 0.6) is 0 Å². The highest BCUT2D eigenvalue weighted by atomic mass is 32.1. The summed E-state index contributed by atoms with van der Waals surface area (Å²) in [5, 5.41) is 2.97. The van der Waals surface area contributed by atoms with Gasteiger partial charge in [-0.2, -0.15) is 0 Å². The summed E-state index contributed by atoms with van der Waals surface area (Å²) in [6.07, 6.45) is 1.87. The first-order valence-electron chi connectivity index (χ1n) is 5.07. The van der Waals surface area contributed by atoms with Gasteiger partial charge >= 0.3 is 0 Å². The molecule has 80 valence electrons. The SMILES string of the molecule is S=CNCc1ccc(-c2ccccc2)nc1. The third-order valence-corrected chi connectivity index (χ3v) is 2.45. The van der Waals surface area contributed by atoms with E-state index in [0.29, 0.717) is 0 Å². The van der Waals surface area contributed by atoms with Crippen LogP contribution >= 0.6 is 12.2 Å². The van der Waals surface area contributed by atoms with Gasteiger partial charge in [0, 0.05) is 18.3 Å². The van der Waals surface area contributed by atoms with Crippen LogP contribution in [-0.4, -0.2) is 10.5 Å². The monoisotopic (exact) mass is 228 g/mol. The van der Waals surface area contributed by atoms with E-state index in [4.69, 9.17) is 12.2 Å². The van der Waals surface area contributed by atoms with Crippen LogP contribution in [0.15, 0.2) is 48.7 Å². The molecule has 1 aromatic carbocycles. The molecule has 2 rings (SSSR count). The van der Waals surface area contributed by atoms with Crippen LogP contribution in [0.2, 0.25) is 0 Å². The summed E-state index contributed by atoms with van der Waals surface area (Å²) in [5.41, 5.74) is 4.77. The molecule has 1 aromatic heterocycles. The molecule has 0 saturated heterocycles. The van der Waals surface area contributed by atoms with Crippen molar-refractivity contribution in [3.05, 3.63) is 54.2 Å². The second-order valence-electron chi connectivity index (χ2n) is 3.42. The predicted octanol–water partition coefficient (Wildman–Crippen LogP) is 2.80. The lowest BCUT2D eigenvalue weighted by atomic mass is 10.1. The number of thiocarbonyl (C=S) groups is 1. The van der Waals surface area contributed by atoms with Gasteiger partial charge in [-0.15, -0.1) is 0 Å². The van der Waals surface area contributed by atoms with Crippen LogP contribution in [-0.2, 0) is 6.54 Å². The molecule has 0 atom stereocenters. The van der Waals surface area contributed by atoms with E-state index in [1.807, 2.05) is 30.5 Å². The molecule has 0 amide bonds. The van der Waals surface area contributed by atoms with Crippen molar-refractivity contribution in [2.45, 2.75) is 6.54 Å². The molecule has 1 heterocycles. The first-order valence-corrected chi connectivity index (χ1v) is 5.54. The quantitative estimate of drug-likeness (QED) is 0.814. The van der Waals surface area contributed by atoms with E-state index in [9.17, 15) is 0 Å². The highest BCUT2D eigenvalue weighted by Crippen LogP contribution is 2.15. The van der Waals surface area contributed by atoms with E-state index in [1.165, 1.54) is 5.49 Å². The molecule has 0 radical (unpaired) electrons. The Hall–Kier alpha value is -1.74. The fourth-order valence-electron chi connectivity index (χ4n) is 1.47. The molecular formula is C13H12N2S. The van der Waals surface area contributed by atoms with Gasteiger partial charge in [-0.1, -0.05) is 48.6 Å². The number of benzene rings is 1. The molecule has 16 heavy (non-hydrogen) atoms. The van der Waals surface area contributed by atoms with Crippen LogP contribution in [0, 0.1) is 0 Å². The van der Waals surface area contributed by atoms with Crippen LogP contribution in [0.4, 0.5) is 0 Å². The van der Waals surface area contributed by atoms with Crippen molar-refractivity contribution in [2.24, 2.45) is 0 Å². The molecular weight excluding hydrogens is 216 g/mol. The summed E-state index contributed by atoms with van der Waals surface area (Å²) in [5.74, 6) is 0. The van der Waals surface area contributed by atoms with Gasteiger partial charge in [0.2, 0.25) is 0 Å². The van der Waals surface area contributed by atoms with Crippen molar-refractivity contribution in [3.63, 3.8) is 0 Å². The molecule has 0 saturated carbocycles. The Morgan fingerprint density at radius 1 is 1.12 bits per heavy atom. The summed E-state index contributed by atoms with van der Waals surface area (Å²) in [6.45, 7) is 0.728. The van der Waals surface area contributed by atoms with Crippen molar-refractivity contribution >= 4 is 17.7 Å². The fraction of sp³-hybridized carbons (Fsp3) is 0.0769. The zero-order chi connectivity index (χ0) is 11.2. The average molecular weight is 228 g/mol. The highest BCUT2D eigenvalue weighted by Gasteiger charge is 1.97. The Kier molecular flexibility index (Phi) is 3.62. The number of nitrogens with zero attached hydrogens (tertiary/aromatic N) is 1. The zero-order valence-electron chi connectivity index (χ0n) is 8.76. The molecule has 1 N–H and O–H groups in total. The molecule has 0 bridgehead atoms. The molecule has 2 aromatic rings. The molecule has 3 heteroatoms. The molecule has 0 aliphatic carbocycles. The maximum atomic E-state index is 4.70. The summed E-state index contributed by atoms with van der Waals surface area (Å²) >= 11 is 4.70. The van der Waals surface area contributed by atoms with Gasteiger partial charge in [0.05, 0.1) is 11.2 Å². The zero-order valence-corrected chi connectivity index (χ0v) is 9.58. The van der Waals surface area contributed by atoms with Gasteiger partial charge in [0.1, 0.15) is 0 Å². The van der Waals surface area contributed by atoms with E-state index in [-0.39, 0.29) is 0 Å². The van der Waals surface area contributed by atoms with Crippen molar-refractivity contribution in [2.75, 3.05) is 0 Å². The molecule has 0 unspecified atom stereocenters. The lowest BCUT2D eigenvalue weighted by Gasteiger charge is -2.03. The summed E-state index contributed by atoms with van der Waals surface area (Å²) in [7, 11) is 0. The van der Waals surface area contributed by atoms with Gasteiger partial charge in [-0.25, -0.2) is 0 Å². The van der Waals surface area contributed by atoms with Crippen molar-refractivity contribution in [1.29, 1.82) is 0 Å². The highest BCUT2D eigenvalue weighted by molar-refractivity contribution is 7.78. The number of aromatic nitrogens is 1. The summed E-state index contributed by atoms with van der Waals surface area (Å²) in [4.78, 5) is 4.41. The molecule has 0 aliphatic heterocycles. The van der Waals surface area contributed by atoms with Gasteiger partial charge < -0.3 is 5.32 Å². The largest absolute Gasteiger partial charge is 0.378 e.